The maximum atomic E-state index is 11.7. The third-order valence-corrected chi connectivity index (χ3v) is 2.49. The van der Waals surface area contributed by atoms with E-state index in [0.717, 1.165) is 0 Å². The van der Waals surface area contributed by atoms with E-state index >= 15 is 0 Å². The van der Waals surface area contributed by atoms with Gasteiger partial charge in [0, 0.05) is 17.4 Å². The predicted molar refractivity (Wildman–Crippen MR) is 66.3 cm³/mol. The summed E-state index contributed by atoms with van der Waals surface area (Å²) in [5, 5.41) is 0. The summed E-state index contributed by atoms with van der Waals surface area (Å²) >= 11 is 0. The van der Waals surface area contributed by atoms with Crippen molar-refractivity contribution in [1.82, 2.24) is 16.3 Å². The van der Waals surface area contributed by atoms with Gasteiger partial charge < -0.3 is 0 Å². The Kier molecular flexibility index (Phi) is 6.12. The van der Waals surface area contributed by atoms with Gasteiger partial charge in [-0.1, -0.05) is 20.8 Å². The van der Waals surface area contributed by atoms with Gasteiger partial charge in [0.25, 0.3) is 0 Å². The molecule has 0 aromatic rings. The Balaban J connectivity index is 4.28. The minimum absolute atomic E-state index is 0.128. The molecule has 2 amide bonds. The molecule has 6 heteroatoms. The minimum Gasteiger partial charge on any atom is -0.294 e. The normalized spacial score (nSPS) is 13.4. The van der Waals surface area contributed by atoms with Crippen LogP contribution in [0.15, 0.2) is 0 Å². The van der Waals surface area contributed by atoms with Crippen molar-refractivity contribution in [2.24, 2.45) is 17.2 Å². The molecule has 0 fully saturated rings. The summed E-state index contributed by atoms with van der Waals surface area (Å²) in [5.74, 6) is 4.43. The molecule has 17 heavy (non-hydrogen) atoms. The number of carbonyl (C=O) groups is 2. The van der Waals surface area contributed by atoms with Gasteiger partial charge in [-0.2, -0.15) is 0 Å². The molecule has 6 nitrogen and oxygen atoms in total. The number of hydrazine groups is 2. The Labute approximate surface area is 103 Å². The Morgan fingerprint density at radius 3 is 2.18 bits per heavy atom. The number of hydrogen-bond donors (Lipinski definition) is 4. The Morgan fingerprint density at radius 2 is 1.76 bits per heavy atom. The number of nitrogens with one attached hydrogen (secondary N) is 3. The molecular formula is C11H24N4O2. The second kappa shape index (κ2) is 6.56. The summed E-state index contributed by atoms with van der Waals surface area (Å²) in [6, 6.07) is 0.173. The fourth-order valence-electron chi connectivity index (χ4n) is 1.48. The summed E-state index contributed by atoms with van der Waals surface area (Å²) in [6.45, 7) is 9.15. The van der Waals surface area contributed by atoms with E-state index in [0.29, 0.717) is 6.42 Å². The van der Waals surface area contributed by atoms with Gasteiger partial charge in [0.15, 0.2) is 0 Å². The van der Waals surface area contributed by atoms with Gasteiger partial charge >= 0.3 is 0 Å². The molecule has 0 aliphatic rings. The highest BCUT2D eigenvalue weighted by molar-refractivity contribution is 5.83. The molecule has 0 rings (SSSR count). The molecule has 1 atom stereocenters. The number of nitrogens with two attached hydrogens (primary N) is 1. The van der Waals surface area contributed by atoms with Crippen molar-refractivity contribution in [2.45, 2.75) is 47.1 Å². The van der Waals surface area contributed by atoms with Crippen molar-refractivity contribution in [3.05, 3.63) is 0 Å². The molecule has 1 unspecified atom stereocenters. The third kappa shape index (κ3) is 5.65. The molecule has 0 aromatic carbocycles. The van der Waals surface area contributed by atoms with Gasteiger partial charge in [-0.25, -0.2) is 11.3 Å². The largest absolute Gasteiger partial charge is 0.294 e. The van der Waals surface area contributed by atoms with Crippen LogP contribution in [-0.2, 0) is 9.59 Å². The molecule has 0 radical (unpaired) electrons. The van der Waals surface area contributed by atoms with Gasteiger partial charge in [-0.05, 0) is 20.3 Å². The third-order valence-electron chi connectivity index (χ3n) is 2.49. The molecule has 0 aliphatic heterocycles. The number of carbonyl (C=O) groups excluding carboxylic acids is 2. The van der Waals surface area contributed by atoms with Crippen LogP contribution < -0.4 is 22.1 Å². The summed E-state index contributed by atoms with van der Waals surface area (Å²) in [7, 11) is 0. The first kappa shape index (κ1) is 15.9. The fraction of sp³-hybridized carbons (Fsp3) is 0.818. The summed E-state index contributed by atoms with van der Waals surface area (Å²) < 4.78 is 0. The van der Waals surface area contributed by atoms with E-state index in [1.54, 1.807) is 20.8 Å². The van der Waals surface area contributed by atoms with Gasteiger partial charge in [-0.15, -0.1) is 0 Å². The summed E-state index contributed by atoms with van der Waals surface area (Å²) in [4.78, 5) is 23.2. The molecule has 100 valence electrons. The van der Waals surface area contributed by atoms with E-state index in [-0.39, 0.29) is 23.8 Å². The van der Waals surface area contributed by atoms with Crippen LogP contribution in [0.3, 0.4) is 0 Å². The van der Waals surface area contributed by atoms with Gasteiger partial charge in [-0.3, -0.25) is 20.4 Å². The molecule has 0 saturated heterocycles. The molecule has 0 aliphatic carbocycles. The molecule has 0 aromatic heterocycles. The van der Waals surface area contributed by atoms with Gasteiger partial charge in [0.1, 0.15) is 0 Å². The van der Waals surface area contributed by atoms with Crippen molar-refractivity contribution in [2.75, 3.05) is 0 Å². The lowest BCUT2D eigenvalue weighted by molar-refractivity contribution is -0.132. The maximum absolute atomic E-state index is 11.7. The highest BCUT2D eigenvalue weighted by Crippen LogP contribution is 2.25. The smallest absolute Gasteiger partial charge is 0.239 e. The van der Waals surface area contributed by atoms with Crippen molar-refractivity contribution in [1.29, 1.82) is 0 Å². The monoisotopic (exact) mass is 244 g/mol. The standard InChI is InChI=1S/C11H24N4O2/c1-7(2)14-15-9(16)8(3)6-11(4,5)10(17)13-12/h7-8,14H,6,12H2,1-5H3,(H,13,17)(H,15,16). The minimum atomic E-state index is -0.663. The zero-order valence-corrected chi connectivity index (χ0v) is 11.3. The zero-order chi connectivity index (χ0) is 13.6. The van der Waals surface area contributed by atoms with Crippen LogP contribution in [0.4, 0.5) is 0 Å². The number of rotatable bonds is 6. The number of amides is 2. The van der Waals surface area contributed by atoms with E-state index in [1.165, 1.54) is 0 Å². The Bertz CT molecular complexity index is 277. The van der Waals surface area contributed by atoms with Crippen LogP contribution in [-0.4, -0.2) is 17.9 Å². The quantitative estimate of drug-likeness (QED) is 0.302. The van der Waals surface area contributed by atoms with Gasteiger partial charge in [0.05, 0.1) is 0 Å². The summed E-state index contributed by atoms with van der Waals surface area (Å²) in [6.07, 6.45) is 0.432. The van der Waals surface area contributed by atoms with Crippen LogP contribution in [0.2, 0.25) is 0 Å². The Hall–Kier alpha value is -1.14. The lowest BCUT2D eigenvalue weighted by atomic mass is 9.82. The van der Waals surface area contributed by atoms with E-state index < -0.39 is 5.41 Å². The number of hydrogen-bond acceptors (Lipinski definition) is 4. The highest BCUT2D eigenvalue weighted by atomic mass is 16.2. The molecule has 0 spiro atoms. The lowest BCUT2D eigenvalue weighted by Crippen LogP contribution is -2.47. The molecule has 0 saturated carbocycles. The van der Waals surface area contributed by atoms with Crippen molar-refractivity contribution in [3.8, 4) is 0 Å². The first-order valence-electron chi connectivity index (χ1n) is 5.77. The molecule has 0 heterocycles. The highest BCUT2D eigenvalue weighted by Gasteiger charge is 2.31. The molecule has 0 bridgehead atoms. The first-order chi connectivity index (χ1) is 7.70. The van der Waals surface area contributed by atoms with Crippen LogP contribution in [0, 0.1) is 11.3 Å². The van der Waals surface area contributed by atoms with Crippen LogP contribution in [0.25, 0.3) is 0 Å². The fourth-order valence-corrected chi connectivity index (χ4v) is 1.48. The molecule has 5 N–H and O–H groups in total. The van der Waals surface area contributed by atoms with Crippen molar-refractivity contribution < 1.29 is 9.59 Å². The molecular weight excluding hydrogens is 220 g/mol. The van der Waals surface area contributed by atoms with Crippen molar-refractivity contribution in [3.63, 3.8) is 0 Å². The first-order valence-corrected chi connectivity index (χ1v) is 5.77. The average Bonchev–Trinajstić information content (AvgIpc) is 2.23. The second-order valence-corrected chi connectivity index (χ2v) is 5.25. The lowest BCUT2D eigenvalue weighted by Gasteiger charge is -2.25. The predicted octanol–water partition coefficient (Wildman–Crippen LogP) is 0.0579. The van der Waals surface area contributed by atoms with Crippen LogP contribution in [0.5, 0.6) is 0 Å². The topological polar surface area (TPSA) is 96.2 Å². The van der Waals surface area contributed by atoms with Crippen molar-refractivity contribution >= 4 is 11.8 Å². The summed E-state index contributed by atoms with van der Waals surface area (Å²) in [5.41, 5.74) is 6.89. The van der Waals surface area contributed by atoms with Crippen LogP contribution in [0.1, 0.15) is 41.0 Å². The van der Waals surface area contributed by atoms with E-state index in [2.05, 4.69) is 16.3 Å². The van der Waals surface area contributed by atoms with Gasteiger partial charge in [0.2, 0.25) is 11.8 Å². The zero-order valence-electron chi connectivity index (χ0n) is 11.3. The van der Waals surface area contributed by atoms with E-state index in [4.69, 9.17) is 5.84 Å². The average molecular weight is 244 g/mol. The maximum Gasteiger partial charge on any atom is 0.239 e. The second-order valence-electron chi connectivity index (χ2n) is 5.25. The Morgan fingerprint density at radius 1 is 1.24 bits per heavy atom. The van der Waals surface area contributed by atoms with E-state index in [1.807, 2.05) is 13.8 Å². The van der Waals surface area contributed by atoms with Crippen LogP contribution >= 0.6 is 0 Å². The SMILES string of the molecule is CC(C)NNC(=O)C(C)CC(C)(C)C(=O)NN. The van der Waals surface area contributed by atoms with E-state index in [9.17, 15) is 9.59 Å².